The van der Waals surface area contributed by atoms with Gasteiger partial charge in [-0.1, -0.05) is 5.92 Å². The van der Waals surface area contributed by atoms with E-state index in [4.69, 9.17) is 0 Å². The van der Waals surface area contributed by atoms with E-state index in [1.165, 1.54) is 29.6 Å². The largest absolute Gasteiger partial charge is 0.320 e. The van der Waals surface area contributed by atoms with Gasteiger partial charge >= 0.3 is 0 Å². The smallest absolute Gasteiger partial charge is 0.257 e. The molecule has 9 heteroatoms. The van der Waals surface area contributed by atoms with Crippen molar-refractivity contribution in [3.8, 4) is 11.8 Å². The van der Waals surface area contributed by atoms with E-state index in [0.29, 0.717) is 22.3 Å². The molecule has 0 N–H and O–H groups in total. The number of pyridine rings is 1. The van der Waals surface area contributed by atoms with E-state index in [9.17, 15) is 13.2 Å². The van der Waals surface area contributed by atoms with E-state index in [-0.39, 0.29) is 17.0 Å². The van der Waals surface area contributed by atoms with Gasteiger partial charge in [0.15, 0.2) is 0 Å². The average molecular weight is 424 g/mol. The van der Waals surface area contributed by atoms with Crippen molar-refractivity contribution in [1.29, 1.82) is 0 Å². The van der Waals surface area contributed by atoms with Crippen molar-refractivity contribution in [2.75, 3.05) is 11.4 Å². The quantitative estimate of drug-likeness (QED) is 0.448. The number of anilines is 2. The molecule has 0 aliphatic heterocycles. The Kier molecular flexibility index (Phi) is 5.23. The van der Waals surface area contributed by atoms with Crippen LogP contribution in [0.2, 0.25) is 0 Å². The monoisotopic (exact) mass is 424 g/mol. The minimum absolute atomic E-state index is 0.149. The van der Waals surface area contributed by atoms with Crippen molar-refractivity contribution < 1.29 is 13.2 Å². The van der Waals surface area contributed by atoms with Crippen LogP contribution >= 0.6 is 0 Å². The fourth-order valence-corrected chi connectivity index (χ4v) is 3.09. The summed E-state index contributed by atoms with van der Waals surface area (Å²) in [6, 6.07) is 7.29. The Morgan fingerprint density at radius 2 is 1.97 bits per heavy atom. The van der Waals surface area contributed by atoms with Crippen LogP contribution in [-0.2, 0) is 0 Å². The lowest BCUT2D eigenvalue weighted by atomic mass is 9.98. The third kappa shape index (κ3) is 4.43. The fourth-order valence-electron chi connectivity index (χ4n) is 3.09. The Morgan fingerprint density at radius 3 is 2.71 bits per heavy atom. The highest BCUT2D eigenvalue weighted by atomic mass is 19.3. The third-order valence-corrected chi connectivity index (χ3v) is 4.39. The maximum atomic E-state index is 14.1. The average Bonchev–Trinajstić information content (AvgIpc) is 3.18. The van der Waals surface area contributed by atoms with Crippen LogP contribution < -0.4 is 4.90 Å². The first-order chi connectivity index (χ1) is 14.7. The molecule has 4 rings (SSSR count). The summed E-state index contributed by atoms with van der Waals surface area (Å²) < 4.78 is 42.8. The van der Waals surface area contributed by atoms with Gasteiger partial charge in [0, 0.05) is 22.7 Å². The first kappa shape index (κ1) is 20.6. The number of nitrogens with zero attached hydrogens (tertiary/aromatic N) is 6. The van der Waals surface area contributed by atoms with Gasteiger partial charge < -0.3 is 4.90 Å². The summed E-state index contributed by atoms with van der Waals surface area (Å²) in [6.45, 7) is 5.24. The Balaban J connectivity index is 1.92. The van der Waals surface area contributed by atoms with Crippen LogP contribution in [0.25, 0.3) is 16.7 Å². The second-order valence-corrected chi connectivity index (χ2v) is 8.00. The Bertz CT molecular complexity index is 1310. The van der Waals surface area contributed by atoms with Gasteiger partial charge in [0.1, 0.15) is 23.7 Å². The van der Waals surface area contributed by atoms with Crippen molar-refractivity contribution in [2.24, 2.45) is 5.41 Å². The van der Waals surface area contributed by atoms with Crippen LogP contribution in [0.3, 0.4) is 0 Å². The lowest BCUT2D eigenvalue weighted by molar-refractivity contribution is 0.158. The number of halogens is 3. The number of benzene rings is 1. The summed E-state index contributed by atoms with van der Waals surface area (Å²) in [4.78, 5) is 9.95. The van der Waals surface area contributed by atoms with E-state index < -0.39 is 18.8 Å². The van der Waals surface area contributed by atoms with Crippen LogP contribution in [0, 0.1) is 23.1 Å². The molecule has 1 aromatic carbocycles. The van der Waals surface area contributed by atoms with Crippen molar-refractivity contribution in [3.05, 3.63) is 54.4 Å². The second kappa shape index (κ2) is 7.87. The molecule has 0 amide bonds. The molecule has 0 spiro atoms. The van der Waals surface area contributed by atoms with Crippen LogP contribution in [-0.4, -0.2) is 37.5 Å². The molecule has 4 aromatic rings. The molecule has 0 atom stereocenters. The number of aromatic nitrogens is 5. The highest BCUT2D eigenvalue weighted by Gasteiger charge is 2.21. The zero-order chi connectivity index (χ0) is 22.2. The Labute approximate surface area is 176 Å². The SMILES string of the molecule is CC(C)(C)C#Cc1cc(N(CC(F)F)c2nc3nncn3c3ccc(F)cc23)ccn1. The summed E-state index contributed by atoms with van der Waals surface area (Å²) in [5.41, 5.74) is 1.16. The molecule has 0 fully saturated rings. The Hall–Kier alpha value is -3.67. The maximum absolute atomic E-state index is 14.1. The van der Waals surface area contributed by atoms with Gasteiger partial charge in [0.2, 0.25) is 0 Å². The molecule has 31 heavy (non-hydrogen) atoms. The first-order valence-electron chi connectivity index (χ1n) is 9.55. The lowest BCUT2D eigenvalue weighted by Gasteiger charge is -2.25. The Morgan fingerprint density at radius 1 is 1.16 bits per heavy atom. The van der Waals surface area contributed by atoms with Gasteiger partial charge in [0.05, 0.1) is 12.1 Å². The van der Waals surface area contributed by atoms with Gasteiger partial charge in [-0.2, -0.15) is 4.98 Å². The summed E-state index contributed by atoms with van der Waals surface area (Å²) in [6.07, 6.45) is 0.270. The second-order valence-electron chi connectivity index (χ2n) is 8.00. The molecule has 0 saturated carbocycles. The standard InChI is InChI=1S/C22H19F3N6/c1-22(2,3)8-6-15-11-16(7-9-26-15)30(12-19(24)25)20-17-10-14(23)4-5-18(17)31-13-27-29-21(31)28-20/h4-5,7,9-11,13,19H,12H2,1-3H3. The highest BCUT2D eigenvalue weighted by molar-refractivity contribution is 5.93. The van der Waals surface area contributed by atoms with E-state index in [1.54, 1.807) is 22.6 Å². The van der Waals surface area contributed by atoms with Gasteiger partial charge in [0.25, 0.3) is 12.2 Å². The normalized spacial score (nSPS) is 11.7. The predicted octanol–water partition coefficient (Wildman–Crippen LogP) is 4.61. The highest BCUT2D eigenvalue weighted by Crippen LogP contribution is 2.32. The van der Waals surface area contributed by atoms with Gasteiger partial charge in [-0.15, -0.1) is 10.2 Å². The molecule has 3 aromatic heterocycles. The zero-order valence-electron chi connectivity index (χ0n) is 17.1. The van der Waals surface area contributed by atoms with Crippen molar-refractivity contribution in [2.45, 2.75) is 27.2 Å². The molecular weight excluding hydrogens is 405 g/mol. The number of alkyl halides is 2. The van der Waals surface area contributed by atoms with Crippen molar-refractivity contribution >= 4 is 28.2 Å². The predicted molar refractivity (Wildman–Crippen MR) is 112 cm³/mol. The molecule has 0 radical (unpaired) electrons. The summed E-state index contributed by atoms with van der Waals surface area (Å²) >= 11 is 0. The van der Waals surface area contributed by atoms with Gasteiger partial charge in [-0.25, -0.2) is 18.2 Å². The topological polar surface area (TPSA) is 59.2 Å². The molecule has 0 aliphatic rings. The summed E-state index contributed by atoms with van der Waals surface area (Å²) in [5, 5.41) is 8.13. The van der Waals surface area contributed by atoms with Crippen LogP contribution in [0.5, 0.6) is 0 Å². The first-order valence-corrected chi connectivity index (χ1v) is 9.55. The summed E-state index contributed by atoms with van der Waals surface area (Å²) in [7, 11) is 0. The maximum Gasteiger partial charge on any atom is 0.257 e. The van der Waals surface area contributed by atoms with Gasteiger partial charge in [-0.3, -0.25) is 4.40 Å². The molecule has 158 valence electrons. The fraction of sp³-hybridized carbons (Fsp3) is 0.273. The number of hydrogen-bond donors (Lipinski definition) is 0. The number of fused-ring (bicyclic) bond motifs is 3. The lowest BCUT2D eigenvalue weighted by Crippen LogP contribution is -2.25. The molecular formula is C22H19F3N6. The van der Waals surface area contributed by atoms with E-state index in [2.05, 4.69) is 32.0 Å². The number of hydrogen-bond acceptors (Lipinski definition) is 5. The molecule has 0 unspecified atom stereocenters. The summed E-state index contributed by atoms with van der Waals surface area (Å²) in [5.74, 6) is 5.91. The van der Waals surface area contributed by atoms with Crippen LogP contribution in [0.15, 0.2) is 42.9 Å². The van der Waals surface area contributed by atoms with E-state index >= 15 is 0 Å². The van der Waals surface area contributed by atoms with E-state index in [0.717, 1.165) is 0 Å². The third-order valence-electron chi connectivity index (χ3n) is 4.39. The van der Waals surface area contributed by atoms with Gasteiger partial charge in [-0.05, 0) is 57.0 Å². The minimum Gasteiger partial charge on any atom is -0.320 e. The molecule has 0 aliphatic carbocycles. The molecule has 0 bridgehead atoms. The number of rotatable bonds is 4. The van der Waals surface area contributed by atoms with Crippen molar-refractivity contribution in [3.63, 3.8) is 0 Å². The molecule has 0 saturated heterocycles. The van der Waals surface area contributed by atoms with E-state index in [1.807, 2.05) is 20.8 Å². The van der Waals surface area contributed by atoms with Crippen LogP contribution in [0.4, 0.5) is 24.7 Å². The van der Waals surface area contributed by atoms with Crippen molar-refractivity contribution in [1.82, 2.24) is 24.6 Å². The minimum atomic E-state index is -2.67. The molecule has 3 heterocycles. The molecule has 6 nitrogen and oxygen atoms in total. The van der Waals surface area contributed by atoms with Crippen LogP contribution in [0.1, 0.15) is 26.5 Å². The zero-order valence-corrected chi connectivity index (χ0v) is 17.1.